The SMILES string of the molecule is Cc1nc(CC(=O)NCCc2cscn2)no1. The van der Waals surface area contributed by atoms with Gasteiger partial charge in [-0.05, 0) is 0 Å². The Balaban J connectivity index is 1.71. The maximum Gasteiger partial charge on any atom is 0.227 e. The molecule has 0 aliphatic heterocycles. The van der Waals surface area contributed by atoms with Crippen LogP contribution >= 0.6 is 11.3 Å². The van der Waals surface area contributed by atoms with Gasteiger partial charge < -0.3 is 9.84 Å². The molecule has 7 heteroatoms. The van der Waals surface area contributed by atoms with Gasteiger partial charge in [-0.1, -0.05) is 5.16 Å². The highest BCUT2D eigenvalue weighted by Gasteiger charge is 2.08. The van der Waals surface area contributed by atoms with Gasteiger partial charge in [-0.15, -0.1) is 11.3 Å². The zero-order valence-electron chi connectivity index (χ0n) is 9.34. The molecule has 0 aliphatic rings. The normalized spacial score (nSPS) is 10.4. The molecule has 1 N–H and O–H groups in total. The van der Waals surface area contributed by atoms with Gasteiger partial charge in [0, 0.05) is 25.3 Å². The summed E-state index contributed by atoms with van der Waals surface area (Å²) in [5.41, 5.74) is 2.77. The lowest BCUT2D eigenvalue weighted by molar-refractivity contribution is -0.120. The monoisotopic (exact) mass is 252 g/mol. The standard InChI is InChI=1S/C10H12N4O2S/c1-7-13-9(14-16-7)4-10(15)11-3-2-8-5-17-6-12-8/h5-6H,2-4H2,1H3,(H,11,15). The Morgan fingerprint density at radius 3 is 3.12 bits per heavy atom. The molecular weight excluding hydrogens is 240 g/mol. The van der Waals surface area contributed by atoms with Gasteiger partial charge in [0.05, 0.1) is 17.6 Å². The van der Waals surface area contributed by atoms with E-state index in [1.807, 2.05) is 5.38 Å². The largest absolute Gasteiger partial charge is 0.355 e. The highest BCUT2D eigenvalue weighted by Crippen LogP contribution is 2.00. The number of nitrogens with zero attached hydrogens (tertiary/aromatic N) is 3. The Morgan fingerprint density at radius 2 is 2.47 bits per heavy atom. The van der Waals surface area contributed by atoms with Crippen molar-refractivity contribution in [1.82, 2.24) is 20.4 Å². The maximum atomic E-state index is 11.5. The zero-order valence-corrected chi connectivity index (χ0v) is 10.2. The lowest BCUT2D eigenvalue weighted by atomic mass is 10.3. The Bertz CT molecular complexity index is 480. The summed E-state index contributed by atoms with van der Waals surface area (Å²) in [5, 5.41) is 8.41. The summed E-state index contributed by atoms with van der Waals surface area (Å²) in [6, 6.07) is 0. The summed E-state index contributed by atoms with van der Waals surface area (Å²) in [6.07, 6.45) is 0.884. The Kier molecular flexibility index (Phi) is 3.81. The molecule has 0 aliphatic carbocycles. The molecule has 0 aromatic carbocycles. The number of aromatic nitrogens is 3. The fourth-order valence-corrected chi connectivity index (χ4v) is 1.90. The van der Waals surface area contributed by atoms with Crippen LogP contribution in [0.4, 0.5) is 0 Å². The van der Waals surface area contributed by atoms with Crippen LogP contribution in [0.2, 0.25) is 0 Å². The van der Waals surface area contributed by atoms with Crippen LogP contribution < -0.4 is 5.32 Å². The van der Waals surface area contributed by atoms with Crippen molar-refractivity contribution in [2.75, 3.05) is 6.54 Å². The van der Waals surface area contributed by atoms with Gasteiger partial charge in [-0.2, -0.15) is 4.98 Å². The average molecular weight is 252 g/mol. The van der Waals surface area contributed by atoms with Crippen molar-refractivity contribution in [1.29, 1.82) is 0 Å². The topological polar surface area (TPSA) is 80.9 Å². The molecule has 0 unspecified atom stereocenters. The molecule has 0 radical (unpaired) electrons. The molecule has 2 aromatic rings. The zero-order chi connectivity index (χ0) is 12.1. The van der Waals surface area contributed by atoms with E-state index in [-0.39, 0.29) is 12.3 Å². The summed E-state index contributed by atoms with van der Waals surface area (Å²) in [5.74, 6) is 0.768. The van der Waals surface area contributed by atoms with E-state index in [1.54, 1.807) is 23.8 Å². The number of hydrogen-bond acceptors (Lipinski definition) is 6. The highest BCUT2D eigenvalue weighted by atomic mass is 32.1. The van der Waals surface area contributed by atoms with E-state index < -0.39 is 0 Å². The van der Waals surface area contributed by atoms with Crippen molar-refractivity contribution in [3.63, 3.8) is 0 Å². The van der Waals surface area contributed by atoms with E-state index in [9.17, 15) is 4.79 Å². The molecule has 0 atom stereocenters. The Labute approximate surface area is 102 Å². The van der Waals surface area contributed by atoms with Gasteiger partial charge in [-0.3, -0.25) is 4.79 Å². The first-order valence-corrected chi connectivity index (χ1v) is 6.11. The second-order valence-electron chi connectivity index (χ2n) is 3.49. The molecule has 2 rings (SSSR count). The van der Waals surface area contributed by atoms with Crippen molar-refractivity contribution < 1.29 is 9.32 Å². The summed E-state index contributed by atoms with van der Waals surface area (Å²) in [6.45, 7) is 2.26. The molecule has 6 nitrogen and oxygen atoms in total. The number of amides is 1. The average Bonchev–Trinajstić information content (AvgIpc) is 2.90. The molecule has 0 saturated heterocycles. The van der Waals surface area contributed by atoms with E-state index in [1.165, 1.54) is 0 Å². The van der Waals surface area contributed by atoms with Gasteiger partial charge in [0.2, 0.25) is 11.8 Å². The summed E-state index contributed by atoms with van der Waals surface area (Å²) in [7, 11) is 0. The van der Waals surface area contributed by atoms with Crippen LogP contribution in [-0.2, 0) is 17.6 Å². The van der Waals surface area contributed by atoms with Crippen LogP contribution in [0.1, 0.15) is 17.4 Å². The molecule has 17 heavy (non-hydrogen) atoms. The number of thiazole rings is 1. The second kappa shape index (κ2) is 5.53. The van der Waals surface area contributed by atoms with E-state index in [0.717, 1.165) is 12.1 Å². The fraction of sp³-hybridized carbons (Fsp3) is 0.400. The van der Waals surface area contributed by atoms with Gasteiger partial charge in [-0.25, -0.2) is 4.98 Å². The molecule has 0 spiro atoms. The Hall–Kier alpha value is -1.76. The van der Waals surface area contributed by atoms with Crippen molar-refractivity contribution in [3.05, 3.63) is 28.3 Å². The third-order valence-electron chi connectivity index (χ3n) is 2.08. The number of rotatable bonds is 5. The highest BCUT2D eigenvalue weighted by molar-refractivity contribution is 7.07. The van der Waals surface area contributed by atoms with Crippen LogP contribution in [0.15, 0.2) is 15.4 Å². The molecule has 2 aromatic heterocycles. The smallest absolute Gasteiger partial charge is 0.227 e. The number of aryl methyl sites for hydroxylation is 1. The number of nitrogens with one attached hydrogen (secondary N) is 1. The maximum absolute atomic E-state index is 11.5. The first-order chi connectivity index (χ1) is 8.24. The second-order valence-corrected chi connectivity index (χ2v) is 4.20. The molecule has 90 valence electrons. The summed E-state index contributed by atoms with van der Waals surface area (Å²) in [4.78, 5) is 19.6. The minimum atomic E-state index is -0.110. The minimum Gasteiger partial charge on any atom is -0.355 e. The number of hydrogen-bond donors (Lipinski definition) is 1. The quantitative estimate of drug-likeness (QED) is 0.848. The fourth-order valence-electron chi connectivity index (χ4n) is 1.31. The van der Waals surface area contributed by atoms with Crippen LogP contribution in [-0.4, -0.2) is 27.6 Å². The van der Waals surface area contributed by atoms with Gasteiger partial charge in [0.15, 0.2) is 5.82 Å². The predicted molar refractivity (Wildman–Crippen MR) is 61.6 cm³/mol. The van der Waals surface area contributed by atoms with Gasteiger partial charge in [0.25, 0.3) is 0 Å². The molecule has 0 saturated carbocycles. The summed E-state index contributed by atoms with van der Waals surface area (Å²) >= 11 is 1.55. The van der Waals surface area contributed by atoms with E-state index in [0.29, 0.717) is 18.3 Å². The lowest BCUT2D eigenvalue weighted by Crippen LogP contribution is -2.27. The molecule has 0 bridgehead atoms. The van der Waals surface area contributed by atoms with Crippen molar-refractivity contribution in [2.45, 2.75) is 19.8 Å². The Morgan fingerprint density at radius 1 is 1.59 bits per heavy atom. The van der Waals surface area contributed by atoms with Crippen molar-refractivity contribution >= 4 is 17.2 Å². The third kappa shape index (κ3) is 3.63. The molecule has 1 amide bonds. The molecular formula is C10H12N4O2S. The first-order valence-electron chi connectivity index (χ1n) is 5.17. The first kappa shape index (κ1) is 11.7. The predicted octanol–water partition coefficient (Wildman–Crippen LogP) is 0.736. The van der Waals surface area contributed by atoms with E-state index >= 15 is 0 Å². The van der Waals surface area contributed by atoms with Crippen LogP contribution in [0.5, 0.6) is 0 Å². The number of carbonyl (C=O) groups excluding carboxylic acids is 1. The van der Waals surface area contributed by atoms with Crippen LogP contribution in [0.25, 0.3) is 0 Å². The third-order valence-corrected chi connectivity index (χ3v) is 2.71. The van der Waals surface area contributed by atoms with E-state index in [2.05, 4.69) is 20.4 Å². The lowest BCUT2D eigenvalue weighted by Gasteiger charge is -2.01. The van der Waals surface area contributed by atoms with Crippen molar-refractivity contribution in [3.8, 4) is 0 Å². The minimum absolute atomic E-state index is 0.110. The molecule has 2 heterocycles. The van der Waals surface area contributed by atoms with E-state index in [4.69, 9.17) is 4.52 Å². The molecule has 0 fully saturated rings. The van der Waals surface area contributed by atoms with Gasteiger partial charge in [0.1, 0.15) is 0 Å². The summed E-state index contributed by atoms with van der Waals surface area (Å²) < 4.78 is 4.78. The number of carbonyl (C=O) groups is 1. The van der Waals surface area contributed by atoms with Crippen molar-refractivity contribution in [2.24, 2.45) is 0 Å². The van der Waals surface area contributed by atoms with Crippen LogP contribution in [0.3, 0.4) is 0 Å². The van der Waals surface area contributed by atoms with Crippen LogP contribution in [0, 0.1) is 6.92 Å². The van der Waals surface area contributed by atoms with Gasteiger partial charge >= 0.3 is 0 Å².